The first-order chi connectivity index (χ1) is 16.8. The SMILES string of the molecule is COc1cc(/C=N/NC(=O)COc2ccc(Br)cc2C(C)C)ccc1OCc1c(Cl)cccc1Cl. The van der Waals surface area contributed by atoms with Crippen LogP contribution in [0.3, 0.4) is 0 Å². The van der Waals surface area contributed by atoms with Gasteiger partial charge in [0.05, 0.1) is 13.3 Å². The van der Waals surface area contributed by atoms with E-state index in [1.54, 1.807) is 36.4 Å². The summed E-state index contributed by atoms with van der Waals surface area (Å²) in [6.45, 7) is 4.17. The van der Waals surface area contributed by atoms with Crippen molar-refractivity contribution < 1.29 is 19.0 Å². The molecule has 6 nitrogen and oxygen atoms in total. The van der Waals surface area contributed by atoms with Crippen molar-refractivity contribution >= 4 is 51.3 Å². The second-order valence-electron chi connectivity index (χ2n) is 7.82. The van der Waals surface area contributed by atoms with Crippen molar-refractivity contribution in [3.63, 3.8) is 0 Å². The monoisotopic (exact) mass is 578 g/mol. The van der Waals surface area contributed by atoms with Gasteiger partial charge in [-0.1, -0.05) is 59.0 Å². The maximum atomic E-state index is 12.2. The Labute approximate surface area is 223 Å². The van der Waals surface area contributed by atoms with Gasteiger partial charge in [-0.05, 0) is 65.6 Å². The lowest BCUT2D eigenvalue weighted by molar-refractivity contribution is -0.123. The highest BCUT2D eigenvalue weighted by molar-refractivity contribution is 9.10. The Balaban J connectivity index is 1.57. The van der Waals surface area contributed by atoms with Crippen molar-refractivity contribution in [3.05, 3.63) is 85.8 Å². The number of halogens is 3. The molecule has 1 N–H and O–H groups in total. The molecule has 3 rings (SSSR count). The van der Waals surface area contributed by atoms with E-state index in [9.17, 15) is 4.79 Å². The van der Waals surface area contributed by atoms with Crippen molar-refractivity contribution in [1.29, 1.82) is 0 Å². The first-order valence-electron chi connectivity index (χ1n) is 10.8. The van der Waals surface area contributed by atoms with E-state index in [0.717, 1.165) is 10.0 Å². The van der Waals surface area contributed by atoms with E-state index in [0.29, 0.717) is 38.4 Å². The number of hydrazone groups is 1. The van der Waals surface area contributed by atoms with Crippen LogP contribution in [0.1, 0.15) is 36.5 Å². The number of amides is 1. The first-order valence-corrected chi connectivity index (χ1v) is 12.3. The quantitative estimate of drug-likeness (QED) is 0.207. The molecule has 0 saturated heterocycles. The number of rotatable bonds is 10. The molecule has 0 heterocycles. The van der Waals surface area contributed by atoms with Crippen LogP contribution in [-0.4, -0.2) is 25.8 Å². The van der Waals surface area contributed by atoms with E-state index < -0.39 is 0 Å². The molecule has 0 aromatic heterocycles. The summed E-state index contributed by atoms with van der Waals surface area (Å²) in [5.41, 5.74) is 4.88. The normalized spacial score (nSPS) is 11.1. The van der Waals surface area contributed by atoms with Crippen LogP contribution in [-0.2, 0) is 11.4 Å². The molecule has 0 atom stereocenters. The molecule has 0 fully saturated rings. The van der Waals surface area contributed by atoms with Crippen LogP contribution in [0.25, 0.3) is 0 Å². The molecule has 0 unspecified atom stereocenters. The molecule has 0 spiro atoms. The number of nitrogens with zero attached hydrogens (tertiary/aromatic N) is 1. The number of ether oxygens (including phenoxy) is 3. The van der Waals surface area contributed by atoms with Gasteiger partial charge < -0.3 is 14.2 Å². The van der Waals surface area contributed by atoms with E-state index in [1.807, 2.05) is 18.2 Å². The van der Waals surface area contributed by atoms with E-state index in [1.165, 1.54) is 13.3 Å². The third-order valence-corrected chi connectivity index (χ3v) is 6.18. The Kier molecular flexibility index (Phi) is 9.83. The summed E-state index contributed by atoms with van der Waals surface area (Å²) >= 11 is 15.9. The van der Waals surface area contributed by atoms with Crippen molar-refractivity contribution in [2.75, 3.05) is 13.7 Å². The predicted octanol–water partition coefficient (Wildman–Crippen LogP) is 7.00. The number of hydrogen-bond acceptors (Lipinski definition) is 5. The number of carbonyl (C=O) groups is 1. The lowest BCUT2D eigenvalue weighted by atomic mass is 10.0. The summed E-state index contributed by atoms with van der Waals surface area (Å²) < 4.78 is 17.9. The van der Waals surface area contributed by atoms with Crippen molar-refractivity contribution in [1.82, 2.24) is 5.43 Å². The Hall–Kier alpha value is -2.74. The molecule has 9 heteroatoms. The van der Waals surface area contributed by atoms with Crippen molar-refractivity contribution in [2.45, 2.75) is 26.4 Å². The number of methoxy groups -OCH3 is 1. The van der Waals surface area contributed by atoms with Crippen LogP contribution in [0, 0.1) is 0 Å². The Morgan fingerprint density at radius 1 is 1.03 bits per heavy atom. The molecule has 3 aromatic rings. The van der Waals surface area contributed by atoms with Crippen LogP contribution in [0.4, 0.5) is 0 Å². The molecule has 184 valence electrons. The lowest BCUT2D eigenvalue weighted by Gasteiger charge is -2.14. The molecule has 0 aliphatic heterocycles. The zero-order chi connectivity index (χ0) is 25.4. The minimum absolute atomic E-state index is 0.153. The molecular weight excluding hydrogens is 555 g/mol. The van der Waals surface area contributed by atoms with Gasteiger partial charge in [-0.2, -0.15) is 5.10 Å². The van der Waals surface area contributed by atoms with E-state index in [4.69, 9.17) is 37.4 Å². The molecule has 0 bridgehead atoms. The molecule has 35 heavy (non-hydrogen) atoms. The highest BCUT2D eigenvalue weighted by Crippen LogP contribution is 2.31. The summed E-state index contributed by atoms with van der Waals surface area (Å²) in [5, 5.41) is 5.06. The smallest absolute Gasteiger partial charge is 0.277 e. The van der Waals surface area contributed by atoms with Gasteiger partial charge in [0.2, 0.25) is 0 Å². The average Bonchev–Trinajstić information content (AvgIpc) is 2.83. The Bertz CT molecular complexity index is 1200. The summed E-state index contributed by atoms with van der Waals surface area (Å²) in [7, 11) is 1.54. The van der Waals surface area contributed by atoms with Gasteiger partial charge in [-0.3, -0.25) is 4.79 Å². The summed E-state index contributed by atoms with van der Waals surface area (Å²) in [5.74, 6) is 1.58. The van der Waals surface area contributed by atoms with Gasteiger partial charge in [0.15, 0.2) is 18.1 Å². The van der Waals surface area contributed by atoms with Crippen LogP contribution >= 0.6 is 39.1 Å². The molecule has 3 aromatic carbocycles. The van der Waals surface area contributed by atoms with E-state index in [-0.39, 0.29) is 25.0 Å². The highest BCUT2D eigenvalue weighted by Gasteiger charge is 2.11. The van der Waals surface area contributed by atoms with E-state index >= 15 is 0 Å². The molecule has 0 aliphatic carbocycles. The zero-order valence-corrected chi connectivity index (χ0v) is 22.6. The average molecular weight is 580 g/mol. The number of hydrogen-bond donors (Lipinski definition) is 1. The minimum atomic E-state index is -0.373. The van der Waals surface area contributed by atoms with Crippen molar-refractivity contribution in [3.8, 4) is 17.2 Å². The summed E-state index contributed by atoms with van der Waals surface area (Å²) in [4.78, 5) is 12.2. The second kappa shape index (κ2) is 12.8. The second-order valence-corrected chi connectivity index (χ2v) is 9.55. The lowest BCUT2D eigenvalue weighted by Crippen LogP contribution is -2.24. The maximum Gasteiger partial charge on any atom is 0.277 e. The van der Waals surface area contributed by atoms with Gasteiger partial charge in [0, 0.05) is 20.1 Å². The van der Waals surface area contributed by atoms with Crippen LogP contribution < -0.4 is 19.6 Å². The fourth-order valence-corrected chi connectivity index (χ4v) is 4.05. The van der Waals surface area contributed by atoms with Crippen LogP contribution in [0.2, 0.25) is 10.0 Å². The molecule has 1 amide bonds. The molecule has 0 saturated carbocycles. The Morgan fingerprint density at radius 3 is 2.43 bits per heavy atom. The fourth-order valence-electron chi connectivity index (χ4n) is 3.16. The number of nitrogens with one attached hydrogen (secondary N) is 1. The topological polar surface area (TPSA) is 69.2 Å². The van der Waals surface area contributed by atoms with Gasteiger partial charge in [0.1, 0.15) is 12.4 Å². The van der Waals surface area contributed by atoms with Crippen molar-refractivity contribution in [2.24, 2.45) is 5.10 Å². The third kappa shape index (κ3) is 7.62. The molecule has 0 aliphatic rings. The maximum absolute atomic E-state index is 12.2. The van der Waals surface area contributed by atoms with Gasteiger partial charge in [-0.15, -0.1) is 0 Å². The first kappa shape index (κ1) is 26.9. The van der Waals surface area contributed by atoms with Gasteiger partial charge in [-0.25, -0.2) is 5.43 Å². The largest absolute Gasteiger partial charge is 0.493 e. The molecule has 0 radical (unpaired) electrons. The molecular formula is C26H25BrCl2N2O4. The Morgan fingerprint density at radius 2 is 1.74 bits per heavy atom. The van der Waals surface area contributed by atoms with Crippen LogP contribution in [0.5, 0.6) is 17.2 Å². The number of benzene rings is 3. The van der Waals surface area contributed by atoms with Crippen LogP contribution in [0.15, 0.2) is 64.2 Å². The third-order valence-electron chi connectivity index (χ3n) is 4.98. The fraction of sp³-hybridized carbons (Fsp3) is 0.231. The van der Waals surface area contributed by atoms with Gasteiger partial charge in [0.25, 0.3) is 5.91 Å². The predicted molar refractivity (Wildman–Crippen MR) is 143 cm³/mol. The van der Waals surface area contributed by atoms with Gasteiger partial charge >= 0.3 is 0 Å². The highest BCUT2D eigenvalue weighted by atomic mass is 79.9. The summed E-state index contributed by atoms with van der Waals surface area (Å²) in [6, 6.07) is 16.3. The standard InChI is InChI=1S/C26H25BrCl2N2O4/c1-16(2)19-12-18(27)8-10-23(19)35-15-26(32)31-30-13-17-7-9-24(25(11-17)33-3)34-14-20-21(28)5-4-6-22(20)29/h4-13,16H,14-15H2,1-3H3,(H,31,32)/b30-13+. The zero-order valence-electron chi connectivity index (χ0n) is 19.5. The van der Waals surface area contributed by atoms with E-state index in [2.05, 4.69) is 40.3 Å². The minimum Gasteiger partial charge on any atom is -0.493 e. The summed E-state index contributed by atoms with van der Waals surface area (Å²) in [6.07, 6.45) is 1.51. The number of carbonyl (C=O) groups excluding carboxylic acids is 1.